The molecule has 2 rings (SSSR count). The number of benzene rings is 2. The number of thiocarbonyl (C=S) groups is 1. The fraction of sp³-hybridized carbons (Fsp3) is 0. The van der Waals surface area contributed by atoms with Crippen LogP contribution in [0.15, 0.2) is 66.2 Å². The number of para-hydroxylation sites is 1. The van der Waals surface area contributed by atoms with Crippen molar-refractivity contribution in [2.24, 2.45) is 0 Å². The molecular weight excluding hydrogens is 308 g/mol. The average Bonchev–Trinajstić information content (AvgIpc) is 2.59. The molecule has 0 bridgehead atoms. The highest BCUT2D eigenvalue weighted by atomic mass is 32.1. The van der Waals surface area contributed by atoms with Crippen LogP contribution in [0.1, 0.15) is 5.56 Å². The van der Waals surface area contributed by atoms with Gasteiger partial charge < -0.3 is 5.32 Å². The van der Waals surface area contributed by atoms with Gasteiger partial charge in [-0.25, -0.2) is 0 Å². The Bertz CT molecular complexity index is 751. The van der Waals surface area contributed by atoms with Gasteiger partial charge in [-0.3, -0.25) is 15.6 Å². The molecule has 23 heavy (non-hydrogen) atoms. The molecule has 0 aliphatic carbocycles. The summed E-state index contributed by atoms with van der Waals surface area (Å²) in [5.41, 5.74) is 6.49. The lowest BCUT2D eigenvalue weighted by molar-refractivity contribution is -0.117. The van der Waals surface area contributed by atoms with E-state index in [1.165, 1.54) is 6.08 Å². The molecule has 6 heteroatoms. The normalized spacial score (nSPS) is 10.3. The number of rotatable bonds is 3. The van der Waals surface area contributed by atoms with Crippen molar-refractivity contribution < 1.29 is 4.79 Å². The lowest BCUT2D eigenvalue weighted by atomic mass is 10.1. The minimum Gasteiger partial charge on any atom is -0.331 e. The topological polar surface area (TPSA) is 77.0 Å². The van der Waals surface area contributed by atoms with Gasteiger partial charge in [0, 0.05) is 5.69 Å². The largest absolute Gasteiger partial charge is 0.331 e. The monoisotopic (exact) mass is 322 g/mol. The van der Waals surface area contributed by atoms with Crippen LogP contribution in [0, 0.1) is 11.3 Å². The highest BCUT2D eigenvalue weighted by molar-refractivity contribution is 7.80. The van der Waals surface area contributed by atoms with Crippen molar-refractivity contribution in [3.63, 3.8) is 0 Å². The number of amides is 1. The zero-order valence-corrected chi connectivity index (χ0v) is 12.9. The van der Waals surface area contributed by atoms with Crippen molar-refractivity contribution in [1.82, 2.24) is 10.9 Å². The molecule has 0 saturated carbocycles. The number of carbonyl (C=O) groups is 1. The Morgan fingerprint density at radius 3 is 2.22 bits per heavy atom. The quantitative estimate of drug-likeness (QED) is 0.350. The van der Waals surface area contributed by atoms with E-state index in [2.05, 4.69) is 16.2 Å². The molecule has 0 atom stereocenters. The summed E-state index contributed by atoms with van der Waals surface area (Å²) < 4.78 is 0. The Balaban J connectivity index is 1.92. The number of carbonyl (C=O) groups excluding carboxylic acids is 1. The van der Waals surface area contributed by atoms with Gasteiger partial charge in [0.15, 0.2) is 5.11 Å². The van der Waals surface area contributed by atoms with E-state index < -0.39 is 5.91 Å². The summed E-state index contributed by atoms with van der Waals surface area (Å²) in [5.74, 6) is -0.562. The minimum atomic E-state index is -0.562. The van der Waals surface area contributed by atoms with Crippen LogP contribution in [0.4, 0.5) is 5.69 Å². The zero-order valence-electron chi connectivity index (χ0n) is 12.1. The number of nitriles is 1. The predicted molar refractivity (Wildman–Crippen MR) is 94.0 cm³/mol. The van der Waals surface area contributed by atoms with E-state index >= 15 is 0 Å². The Labute approximate surface area is 139 Å². The molecule has 2 aromatic rings. The molecule has 0 spiro atoms. The van der Waals surface area contributed by atoms with Crippen LogP contribution >= 0.6 is 12.2 Å². The molecular formula is C17H14N4OS. The van der Waals surface area contributed by atoms with Crippen molar-refractivity contribution in [2.75, 3.05) is 5.32 Å². The van der Waals surface area contributed by atoms with E-state index in [0.29, 0.717) is 0 Å². The summed E-state index contributed by atoms with van der Waals surface area (Å²) in [6, 6.07) is 20.3. The number of anilines is 1. The molecule has 2 aromatic carbocycles. The van der Waals surface area contributed by atoms with Crippen molar-refractivity contribution in [3.8, 4) is 6.07 Å². The SMILES string of the molecule is N#C/C(=C\c1ccccc1)C(=O)NNC(=S)Nc1ccccc1. The van der Waals surface area contributed by atoms with Gasteiger partial charge in [0.05, 0.1) is 0 Å². The summed E-state index contributed by atoms with van der Waals surface area (Å²) in [4.78, 5) is 12.0. The third-order valence-electron chi connectivity index (χ3n) is 2.80. The molecule has 0 aliphatic rings. The highest BCUT2D eigenvalue weighted by Crippen LogP contribution is 2.06. The predicted octanol–water partition coefficient (Wildman–Crippen LogP) is 2.61. The second kappa shape index (κ2) is 8.32. The van der Waals surface area contributed by atoms with Gasteiger partial charge in [-0.2, -0.15) is 5.26 Å². The van der Waals surface area contributed by atoms with Crippen LogP contribution in [-0.4, -0.2) is 11.0 Å². The summed E-state index contributed by atoms with van der Waals surface area (Å²) in [6.45, 7) is 0. The lowest BCUT2D eigenvalue weighted by Crippen LogP contribution is -2.44. The van der Waals surface area contributed by atoms with Gasteiger partial charge in [-0.1, -0.05) is 48.5 Å². The van der Waals surface area contributed by atoms with E-state index in [0.717, 1.165) is 11.3 Å². The number of nitrogens with one attached hydrogen (secondary N) is 3. The first-order valence-corrected chi connectivity index (χ1v) is 7.19. The van der Waals surface area contributed by atoms with Crippen LogP contribution in [0.2, 0.25) is 0 Å². The van der Waals surface area contributed by atoms with Crippen LogP contribution in [0.3, 0.4) is 0 Å². The molecule has 0 aliphatic heterocycles. The minimum absolute atomic E-state index is 0.0220. The van der Waals surface area contributed by atoms with Crippen LogP contribution in [0.5, 0.6) is 0 Å². The van der Waals surface area contributed by atoms with Gasteiger partial charge in [-0.15, -0.1) is 0 Å². The molecule has 3 N–H and O–H groups in total. The van der Waals surface area contributed by atoms with Gasteiger partial charge in [0.2, 0.25) is 0 Å². The summed E-state index contributed by atoms with van der Waals surface area (Å²) in [5, 5.41) is 12.2. The Kier molecular flexibility index (Phi) is 5.86. The van der Waals surface area contributed by atoms with Crippen LogP contribution < -0.4 is 16.2 Å². The first-order chi connectivity index (χ1) is 11.2. The number of hydrogen-bond acceptors (Lipinski definition) is 3. The summed E-state index contributed by atoms with van der Waals surface area (Å²) in [7, 11) is 0. The summed E-state index contributed by atoms with van der Waals surface area (Å²) in [6.07, 6.45) is 1.50. The Hall–Kier alpha value is -3.17. The first kappa shape index (κ1) is 16.2. The fourth-order valence-electron chi connectivity index (χ4n) is 1.73. The van der Waals surface area contributed by atoms with Crippen molar-refractivity contribution in [3.05, 3.63) is 71.8 Å². The van der Waals surface area contributed by atoms with Gasteiger partial charge in [0.25, 0.3) is 5.91 Å². The lowest BCUT2D eigenvalue weighted by Gasteiger charge is -2.11. The van der Waals surface area contributed by atoms with Crippen molar-refractivity contribution in [1.29, 1.82) is 5.26 Å². The number of hydrogen-bond donors (Lipinski definition) is 3. The molecule has 5 nitrogen and oxygen atoms in total. The van der Waals surface area contributed by atoms with E-state index in [1.54, 1.807) is 12.1 Å². The van der Waals surface area contributed by atoms with Gasteiger partial charge in [-0.05, 0) is 36.0 Å². The Morgan fingerprint density at radius 1 is 1.00 bits per heavy atom. The third-order valence-corrected chi connectivity index (χ3v) is 3.00. The average molecular weight is 322 g/mol. The maximum Gasteiger partial charge on any atom is 0.280 e. The van der Waals surface area contributed by atoms with Crippen LogP contribution in [0.25, 0.3) is 6.08 Å². The van der Waals surface area contributed by atoms with Gasteiger partial charge >= 0.3 is 0 Å². The molecule has 0 heterocycles. The van der Waals surface area contributed by atoms with Crippen LogP contribution in [-0.2, 0) is 4.79 Å². The molecule has 0 aromatic heterocycles. The van der Waals surface area contributed by atoms with Crippen molar-refractivity contribution in [2.45, 2.75) is 0 Å². The van der Waals surface area contributed by atoms with E-state index in [4.69, 9.17) is 17.5 Å². The molecule has 0 unspecified atom stereocenters. The first-order valence-electron chi connectivity index (χ1n) is 6.78. The van der Waals surface area contributed by atoms with E-state index in [-0.39, 0.29) is 10.7 Å². The molecule has 0 fully saturated rings. The zero-order chi connectivity index (χ0) is 16.5. The van der Waals surface area contributed by atoms with Gasteiger partial charge in [0.1, 0.15) is 11.6 Å². The standard InChI is InChI=1S/C17H14N4OS/c18-12-14(11-13-7-3-1-4-8-13)16(22)20-21-17(23)19-15-9-5-2-6-10-15/h1-11H,(H,20,22)(H2,19,21,23)/b14-11+. The Morgan fingerprint density at radius 2 is 1.61 bits per heavy atom. The third kappa shape index (κ3) is 5.26. The molecule has 0 saturated heterocycles. The smallest absolute Gasteiger partial charge is 0.280 e. The maximum absolute atomic E-state index is 12.0. The molecule has 0 radical (unpaired) electrons. The number of nitrogens with zero attached hydrogens (tertiary/aromatic N) is 1. The van der Waals surface area contributed by atoms with Crippen molar-refractivity contribution >= 4 is 35.0 Å². The maximum atomic E-state index is 12.0. The van der Waals surface area contributed by atoms with E-state index in [1.807, 2.05) is 54.6 Å². The molecule has 114 valence electrons. The second-order valence-corrected chi connectivity index (χ2v) is 4.89. The highest BCUT2D eigenvalue weighted by Gasteiger charge is 2.09. The number of hydrazine groups is 1. The molecule has 1 amide bonds. The summed E-state index contributed by atoms with van der Waals surface area (Å²) >= 11 is 5.07. The fourth-order valence-corrected chi connectivity index (χ4v) is 1.90. The van der Waals surface area contributed by atoms with E-state index in [9.17, 15) is 4.79 Å². The second-order valence-electron chi connectivity index (χ2n) is 4.48.